The van der Waals surface area contributed by atoms with Gasteiger partial charge in [0, 0.05) is 10.3 Å². The third-order valence-electron chi connectivity index (χ3n) is 3.57. The molecule has 0 unspecified atom stereocenters. The zero-order valence-corrected chi connectivity index (χ0v) is 14.5. The largest absolute Gasteiger partial charge is 0.351 e. The Kier molecular flexibility index (Phi) is 4.33. The number of aryl methyl sites for hydroxylation is 1. The fourth-order valence-electron chi connectivity index (χ4n) is 2.41. The Morgan fingerprint density at radius 1 is 1.45 bits per heavy atom. The number of rotatable bonds is 4. The predicted octanol–water partition coefficient (Wildman–Crippen LogP) is 2.23. The lowest BCUT2D eigenvalue weighted by atomic mass is 10.1. The lowest BCUT2D eigenvalue weighted by Crippen LogP contribution is -2.30. The molecule has 1 atom stereocenters. The van der Waals surface area contributed by atoms with Crippen molar-refractivity contribution in [3.63, 3.8) is 0 Å². The first-order valence-corrected chi connectivity index (χ1v) is 10.4. The van der Waals surface area contributed by atoms with Crippen LogP contribution in [-0.2, 0) is 21.2 Å². The van der Waals surface area contributed by atoms with Gasteiger partial charge in [-0.25, -0.2) is 13.4 Å². The number of amides is 1. The minimum Gasteiger partial charge on any atom is -0.351 e. The third-order valence-corrected chi connectivity index (χ3v) is 7.22. The molecule has 1 saturated heterocycles. The summed E-state index contributed by atoms with van der Waals surface area (Å²) >= 11 is 3.21. The van der Waals surface area contributed by atoms with Gasteiger partial charge in [0.2, 0.25) is 5.91 Å². The summed E-state index contributed by atoms with van der Waals surface area (Å²) in [7, 11) is -3.02. The predicted molar refractivity (Wildman–Crippen MR) is 88.8 cm³/mol. The van der Waals surface area contributed by atoms with E-state index < -0.39 is 15.8 Å². The third kappa shape index (κ3) is 3.56. The molecule has 0 aliphatic carbocycles. The number of thiophene rings is 1. The highest BCUT2D eigenvalue weighted by Crippen LogP contribution is 2.29. The molecule has 1 fully saturated rings. The smallest absolute Gasteiger partial charge is 0.224 e. The van der Waals surface area contributed by atoms with Crippen LogP contribution in [0.2, 0.25) is 0 Å². The molecule has 2 aromatic heterocycles. The molecule has 0 spiro atoms. The normalized spacial score (nSPS) is 20.1. The fourth-order valence-corrected chi connectivity index (χ4v) is 5.74. The molecule has 8 heteroatoms. The summed E-state index contributed by atoms with van der Waals surface area (Å²) in [5, 5.41) is 5.89. The Balaban J connectivity index is 1.58. The lowest BCUT2D eigenvalue weighted by Gasteiger charge is -2.08. The molecule has 1 amide bonds. The second-order valence-corrected chi connectivity index (χ2v) is 9.79. The first-order valence-electron chi connectivity index (χ1n) is 6.92. The summed E-state index contributed by atoms with van der Waals surface area (Å²) in [4.78, 5) is 18.6. The molecule has 118 valence electrons. The van der Waals surface area contributed by atoms with Crippen LogP contribution in [0.3, 0.4) is 0 Å². The van der Waals surface area contributed by atoms with Crippen LogP contribution in [0.15, 0.2) is 17.5 Å². The average molecular weight is 356 g/mol. The lowest BCUT2D eigenvalue weighted by molar-refractivity contribution is -0.124. The van der Waals surface area contributed by atoms with E-state index in [-0.39, 0.29) is 17.4 Å². The summed E-state index contributed by atoms with van der Waals surface area (Å²) in [6, 6.07) is 3.97. The van der Waals surface area contributed by atoms with Gasteiger partial charge in [0.15, 0.2) is 9.84 Å². The molecule has 3 heterocycles. The minimum atomic E-state index is -3.02. The maximum Gasteiger partial charge on any atom is 0.224 e. The Bertz CT molecular complexity index is 792. The average Bonchev–Trinajstić information content (AvgIpc) is 3.15. The van der Waals surface area contributed by atoms with Crippen molar-refractivity contribution in [2.45, 2.75) is 19.9 Å². The number of thiazole rings is 1. The van der Waals surface area contributed by atoms with Gasteiger partial charge in [-0.2, -0.15) is 0 Å². The van der Waals surface area contributed by atoms with Crippen LogP contribution in [0, 0.1) is 12.8 Å². The van der Waals surface area contributed by atoms with Gasteiger partial charge in [-0.3, -0.25) is 4.79 Å². The van der Waals surface area contributed by atoms with E-state index >= 15 is 0 Å². The van der Waals surface area contributed by atoms with E-state index in [9.17, 15) is 13.2 Å². The number of aromatic nitrogens is 1. The summed E-state index contributed by atoms with van der Waals surface area (Å²) in [5.41, 5.74) is 0.965. The van der Waals surface area contributed by atoms with Crippen molar-refractivity contribution in [1.82, 2.24) is 10.3 Å². The highest BCUT2D eigenvalue weighted by atomic mass is 32.2. The number of nitrogens with zero attached hydrogens (tertiary/aromatic N) is 1. The number of nitrogens with one attached hydrogen (secondary N) is 1. The van der Waals surface area contributed by atoms with Crippen molar-refractivity contribution in [2.24, 2.45) is 5.92 Å². The molecule has 2 aromatic rings. The van der Waals surface area contributed by atoms with Crippen molar-refractivity contribution in [3.05, 3.63) is 27.4 Å². The highest BCUT2D eigenvalue weighted by molar-refractivity contribution is 7.91. The minimum absolute atomic E-state index is 0.0212. The van der Waals surface area contributed by atoms with E-state index in [1.165, 1.54) is 0 Å². The Morgan fingerprint density at radius 2 is 2.27 bits per heavy atom. The number of carbonyl (C=O) groups excluding carboxylic acids is 1. The molecule has 0 radical (unpaired) electrons. The van der Waals surface area contributed by atoms with Gasteiger partial charge in [0.1, 0.15) is 0 Å². The van der Waals surface area contributed by atoms with E-state index in [1.54, 1.807) is 22.7 Å². The van der Waals surface area contributed by atoms with E-state index in [0.29, 0.717) is 13.0 Å². The second-order valence-electron chi connectivity index (χ2n) is 5.34. The van der Waals surface area contributed by atoms with Gasteiger partial charge in [-0.05, 0) is 25.5 Å². The zero-order chi connectivity index (χ0) is 15.7. The van der Waals surface area contributed by atoms with Crippen molar-refractivity contribution >= 4 is 38.4 Å². The van der Waals surface area contributed by atoms with Gasteiger partial charge >= 0.3 is 0 Å². The van der Waals surface area contributed by atoms with Gasteiger partial charge < -0.3 is 5.32 Å². The van der Waals surface area contributed by atoms with Crippen molar-refractivity contribution < 1.29 is 13.2 Å². The van der Waals surface area contributed by atoms with Crippen LogP contribution in [0.25, 0.3) is 10.6 Å². The molecule has 22 heavy (non-hydrogen) atoms. The number of hydrogen-bond acceptors (Lipinski definition) is 6. The van der Waals surface area contributed by atoms with Crippen molar-refractivity contribution in [1.29, 1.82) is 0 Å². The Labute approximate surface area is 137 Å². The number of sulfone groups is 1. The summed E-state index contributed by atoms with van der Waals surface area (Å²) in [6.45, 7) is 2.40. The molecule has 3 rings (SSSR count). The van der Waals surface area contributed by atoms with E-state index in [4.69, 9.17) is 0 Å². The number of carbonyl (C=O) groups is 1. The highest BCUT2D eigenvalue weighted by Gasteiger charge is 2.32. The molecule has 1 aliphatic rings. The maximum absolute atomic E-state index is 12.0. The quantitative estimate of drug-likeness (QED) is 0.911. The van der Waals surface area contributed by atoms with Crippen LogP contribution in [0.4, 0.5) is 0 Å². The molecule has 5 nitrogen and oxygen atoms in total. The maximum atomic E-state index is 12.0. The topological polar surface area (TPSA) is 76.1 Å². The molecular formula is C14H16N2O3S3. The van der Waals surface area contributed by atoms with Crippen LogP contribution < -0.4 is 5.32 Å². The first kappa shape index (κ1) is 15.6. The Hall–Kier alpha value is -1.25. The first-order chi connectivity index (χ1) is 10.4. The summed E-state index contributed by atoms with van der Waals surface area (Å²) in [6.07, 6.45) is 0.432. The van der Waals surface area contributed by atoms with E-state index in [2.05, 4.69) is 10.3 Å². The monoisotopic (exact) mass is 356 g/mol. The summed E-state index contributed by atoms with van der Waals surface area (Å²) < 4.78 is 22.8. The van der Waals surface area contributed by atoms with E-state index in [0.717, 1.165) is 20.5 Å². The van der Waals surface area contributed by atoms with Gasteiger partial charge in [0.05, 0.1) is 39.5 Å². The van der Waals surface area contributed by atoms with Gasteiger partial charge in [-0.1, -0.05) is 0 Å². The molecule has 1 N–H and O–H groups in total. The molecule has 0 bridgehead atoms. The molecule has 1 aliphatic heterocycles. The van der Waals surface area contributed by atoms with Crippen LogP contribution in [0.1, 0.15) is 16.3 Å². The zero-order valence-electron chi connectivity index (χ0n) is 12.0. The second kappa shape index (κ2) is 6.10. The number of hydrogen-bond donors (Lipinski definition) is 1. The van der Waals surface area contributed by atoms with Crippen LogP contribution in [0.5, 0.6) is 0 Å². The fraction of sp³-hybridized carbons (Fsp3) is 0.429. The SMILES string of the molecule is Cc1nc(-c2ccc(CNC(=O)[C@H]3CCS(=O)(=O)C3)s2)cs1. The van der Waals surface area contributed by atoms with Crippen molar-refractivity contribution in [2.75, 3.05) is 11.5 Å². The van der Waals surface area contributed by atoms with Gasteiger partial charge in [0.25, 0.3) is 0 Å². The van der Waals surface area contributed by atoms with Crippen LogP contribution >= 0.6 is 22.7 Å². The van der Waals surface area contributed by atoms with Crippen molar-refractivity contribution in [3.8, 4) is 10.6 Å². The molecular weight excluding hydrogens is 340 g/mol. The Morgan fingerprint density at radius 3 is 2.91 bits per heavy atom. The van der Waals surface area contributed by atoms with Gasteiger partial charge in [-0.15, -0.1) is 22.7 Å². The molecule has 0 saturated carbocycles. The standard InChI is InChI=1S/C14H16N2O3S3/c1-9-16-12(7-20-9)13-3-2-11(21-13)6-15-14(17)10-4-5-22(18,19)8-10/h2-3,7,10H,4-6,8H2,1H3,(H,15,17)/t10-/m0/s1. The molecule has 0 aromatic carbocycles. The van der Waals surface area contributed by atoms with Crippen LogP contribution in [-0.4, -0.2) is 30.8 Å². The summed E-state index contributed by atoms with van der Waals surface area (Å²) in [5.74, 6) is -0.463. The van der Waals surface area contributed by atoms with E-state index in [1.807, 2.05) is 24.4 Å².